The maximum absolute atomic E-state index is 9.00. The molecule has 2 N–H and O–H groups in total. The Bertz CT molecular complexity index is 751. The van der Waals surface area contributed by atoms with E-state index in [1.165, 1.54) is 11.0 Å². The molecule has 0 aliphatic heterocycles. The normalized spacial score (nSPS) is 10.7. The molecule has 0 atom stereocenters. The molecule has 0 spiro atoms. The lowest BCUT2D eigenvalue weighted by Gasteiger charge is -2.00. The molecule has 88 valence electrons. The van der Waals surface area contributed by atoms with Crippen LogP contribution in [0.25, 0.3) is 16.9 Å². The number of nitrogens with one attached hydrogen (secondary N) is 1. The van der Waals surface area contributed by atoms with E-state index < -0.39 is 0 Å². The number of aliphatic hydroxyl groups is 1. The van der Waals surface area contributed by atoms with E-state index >= 15 is 0 Å². The Morgan fingerprint density at radius 2 is 2.33 bits per heavy atom. The number of fused-ring (bicyclic) bond motifs is 1. The zero-order valence-electron chi connectivity index (χ0n) is 9.07. The molecule has 0 aliphatic carbocycles. The van der Waals surface area contributed by atoms with E-state index in [2.05, 4.69) is 25.3 Å². The smallest absolute Gasteiger partial charge is 0.187 e. The van der Waals surface area contributed by atoms with Crippen molar-refractivity contribution >= 4 is 11.0 Å². The molecule has 8 heteroatoms. The monoisotopic (exact) mass is 241 g/mol. The zero-order chi connectivity index (χ0) is 12.5. The molecule has 0 aromatic carbocycles. The van der Waals surface area contributed by atoms with Gasteiger partial charge in [0.05, 0.1) is 12.3 Å². The van der Waals surface area contributed by atoms with Gasteiger partial charge in [-0.3, -0.25) is 5.10 Å². The molecular formula is C10H7N7O. The minimum atomic E-state index is -0.155. The van der Waals surface area contributed by atoms with E-state index in [0.29, 0.717) is 22.5 Å². The molecule has 0 bridgehead atoms. The second kappa shape index (κ2) is 3.90. The van der Waals surface area contributed by atoms with Crippen molar-refractivity contribution in [3.63, 3.8) is 0 Å². The Labute approximate surface area is 101 Å². The highest BCUT2D eigenvalue weighted by atomic mass is 16.3. The van der Waals surface area contributed by atoms with Crippen molar-refractivity contribution in [2.45, 2.75) is 6.61 Å². The first-order chi connectivity index (χ1) is 8.83. The molecule has 3 heterocycles. The van der Waals surface area contributed by atoms with Gasteiger partial charge in [-0.15, -0.1) is 0 Å². The average Bonchev–Trinajstić information content (AvgIpc) is 3.04. The third-order valence-electron chi connectivity index (χ3n) is 2.47. The fraction of sp³-hybridized carbons (Fsp3) is 0.100. The minimum Gasteiger partial charge on any atom is -0.390 e. The molecule has 0 unspecified atom stereocenters. The lowest BCUT2D eigenvalue weighted by atomic mass is 10.3. The standard InChI is InChI=1S/C10H7N7O/c11-3-7-8-9(15-14-7)12-5-13-10(8)17-2-1-6(4-18)16-17/h1-2,5,18H,4H2,(H,12,13,14,15). The number of aromatic amines is 1. The van der Waals surface area contributed by atoms with Gasteiger partial charge in [0.25, 0.3) is 0 Å². The molecule has 3 aromatic rings. The average molecular weight is 241 g/mol. The van der Waals surface area contributed by atoms with Crippen molar-refractivity contribution in [1.82, 2.24) is 29.9 Å². The van der Waals surface area contributed by atoms with Crippen molar-refractivity contribution in [1.29, 1.82) is 5.26 Å². The van der Waals surface area contributed by atoms with Crippen LogP contribution in [-0.4, -0.2) is 35.1 Å². The van der Waals surface area contributed by atoms with Gasteiger partial charge < -0.3 is 5.11 Å². The predicted octanol–water partition coefficient (Wildman–Crippen LogP) is -0.0974. The van der Waals surface area contributed by atoms with Crippen LogP contribution >= 0.6 is 0 Å². The van der Waals surface area contributed by atoms with Crippen molar-refractivity contribution < 1.29 is 5.11 Å². The largest absolute Gasteiger partial charge is 0.390 e. The molecule has 3 rings (SSSR count). The zero-order valence-corrected chi connectivity index (χ0v) is 9.07. The Hall–Kier alpha value is -2.79. The Kier molecular flexibility index (Phi) is 2.25. The van der Waals surface area contributed by atoms with Gasteiger partial charge in [-0.05, 0) is 6.07 Å². The summed E-state index contributed by atoms with van der Waals surface area (Å²) in [6.07, 6.45) is 3.00. The van der Waals surface area contributed by atoms with E-state index in [0.717, 1.165) is 0 Å². The van der Waals surface area contributed by atoms with Gasteiger partial charge in [0.2, 0.25) is 0 Å². The fourth-order valence-corrected chi connectivity index (χ4v) is 1.66. The number of hydrogen-bond donors (Lipinski definition) is 2. The summed E-state index contributed by atoms with van der Waals surface area (Å²) in [6.45, 7) is -0.155. The molecule has 18 heavy (non-hydrogen) atoms. The third-order valence-corrected chi connectivity index (χ3v) is 2.47. The van der Waals surface area contributed by atoms with E-state index in [1.807, 2.05) is 6.07 Å². The van der Waals surface area contributed by atoms with Gasteiger partial charge in [0, 0.05) is 6.20 Å². The molecule has 8 nitrogen and oxygen atoms in total. The van der Waals surface area contributed by atoms with Crippen LogP contribution < -0.4 is 0 Å². The summed E-state index contributed by atoms with van der Waals surface area (Å²) in [4.78, 5) is 8.07. The van der Waals surface area contributed by atoms with Crippen LogP contribution in [0.1, 0.15) is 11.4 Å². The van der Waals surface area contributed by atoms with Crippen LogP contribution in [0.2, 0.25) is 0 Å². The molecule has 0 aliphatic rings. The van der Waals surface area contributed by atoms with Crippen LogP contribution in [-0.2, 0) is 6.61 Å². The van der Waals surface area contributed by atoms with Crippen LogP contribution in [0.4, 0.5) is 0 Å². The summed E-state index contributed by atoms with van der Waals surface area (Å²) in [5.74, 6) is 0.449. The minimum absolute atomic E-state index is 0.155. The van der Waals surface area contributed by atoms with Crippen LogP contribution in [0.3, 0.4) is 0 Å². The fourth-order valence-electron chi connectivity index (χ4n) is 1.66. The molecule has 0 radical (unpaired) electrons. The first-order valence-corrected chi connectivity index (χ1v) is 5.08. The van der Waals surface area contributed by atoms with E-state index in [9.17, 15) is 0 Å². The van der Waals surface area contributed by atoms with Gasteiger partial charge in [-0.1, -0.05) is 0 Å². The van der Waals surface area contributed by atoms with Crippen LogP contribution in [0.5, 0.6) is 0 Å². The number of H-pyrrole nitrogens is 1. The van der Waals surface area contributed by atoms with Crippen LogP contribution in [0.15, 0.2) is 18.6 Å². The van der Waals surface area contributed by atoms with Gasteiger partial charge in [0.15, 0.2) is 11.5 Å². The number of hydrogen-bond acceptors (Lipinski definition) is 6. The van der Waals surface area contributed by atoms with E-state index in [4.69, 9.17) is 10.4 Å². The second-order valence-corrected chi connectivity index (χ2v) is 3.52. The first-order valence-electron chi connectivity index (χ1n) is 5.08. The van der Waals surface area contributed by atoms with Crippen molar-refractivity contribution in [3.05, 3.63) is 30.0 Å². The number of aliphatic hydroxyl groups excluding tert-OH is 1. The van der Waals surface area contributed by atoms with Gasteiger partial charge in [0.1, 0.15) is 23.5 Å². The second-order valence-electron chi connectivity index (χ2n) is 3.52. The van der Waals surface area contributed by atoms with Crippen molar-refractivity contribution in [3.8, 4) is 11.9 Å². The van der Waals surface area contributed by atoms with Gasteiger partial charge in [-0.25, -0.2) is 14.6 Å². The lowest BCUT2D eigenvalue weighted by Crippen LogP contribution is -2.01. The summed E-state index contributed by atoms with van der Waals surface area (Å²) >= 11 is 0. The summed E-state index contributed by atoms with van der Waals surface area (Å²) in [5.41, 5.74) is 1.20. The maximum atomic E-state index is 9.00. The van der Waals surface area contributed by atoms with E-state index in [1.54, 1.807) is 12.3 Å². The van der Waals surface area contributed by atoms with Gasteiger partial charge >= 0.3 is 0 Å². The van der Waals surface area contributed by atoms with Crippen molar-refractivity contribution in [2.75, 3.05) is 0 Å². The Morgan fingerprint density at radius 1 is 1.44 bits per heavy atom. The molecular weight excluding hydrogens is 234 g/mol. The highest BCUT2D eigenvalue weighted by molar-refractivity contribution is 5.86. The number of nitrogens with zero attached hydrogens (tertiary/aromatic N) is 6. The topological polar surface area (TPSA) is 116 Å². The first kappa shape index (κ1) is 10.4. The molecule has 0 saturated heterocycles. The Morgan fingerprint density at radius 3 is 3.06 bits per heavy atom. The highest BCUT2D eigenvalue weighted by Crippen LogP contribution is 2.19. The molecule has 0 saturated carbocycles. The Balaban J connectivity index is 2.28. The quantitative estimate of drug-likeness (QED) is 0.647. The van der Waals surface area contributed by atoms with Gasteiger partial charge in [-0.2, -0.15) is 15.5 Å². The summed E-state index contributed by atoms with van der Waals surface area (Å²) in [6, 6.07) is 3.66. The molecule has 0 fully saturated rings. The highest BCUT2D eigenvalue weighted by Gasteiger charge is 2.14. The molecule has 0 amide bonds. The lowest BCUT2D eigenvalue weighted by molar-refractivity contribution is 0.276. The molecule has 3 aromatic heterocycles. The third kappa shape index (κ3) is 1.42. The number of rotatable bonds is 2. The predicted molar refractivity (Wildman–Crippen MR) is 59.4 cm³/mol. The maximum Gasteiger partial charge on any atom is 0.187 e. The number of aromatic nitrogens is 6. The summed E-state index contributed by atoms with van der Waals surface area (Å²) < 4.78 is 1.48. The van der Waals surface area contributed by atoms with Crippen LogP contribution in [0, 0.1) is 11.3 Å². The van der Waals surface area contributed by atoms with E-state index in [-0.39, 0.29) is 12.3 Å². The van der Waals surface area contributed by atoms with Crippen molar-refractivity contribution in [2.24, 2.45) is 0 Å². The summed E-state index contributed by atoms with van der Waals surface area (Å²) in [5, 5.41) is 29.1. The SMILES string of the molecule is N#Cc1[nH]nc2ncnc(-n3ccc(CO)n3)c12. The number of nitriles is 1. The summed E-state index contributed by atoms with van der Waals surface area (Å²) in [7, 11) is 0.